The summed E-state index contributed by atoms with van der Waals surface area (Å²) in [5, 5.41) is 5.58. The van der Waals surface area contributed by atoms with Crippen LogP contribution >= 0.6 is 27.5 Å². The maximum absolute atomic E-state index is 12.4. The van der Waals surface area contributed by atoms with Crippen LogP contribution in [0.5, 0.6) is 0 Å². The summed E-state index contributed by atoms with van der Waals surface area (Å²) in [6.45, 7) is 1.84. The van der Waals surface area contributed by atoms with Crippen LogP contribution in [-0.4, -0.2) is 15.6 Å². The number of fused-ring (bicyclic) bond motifs is 1. The lowest BCUT2D eigenvalue weighted by molar-refractivity contribution is 0.0968. The molecule has 0 atom stereocenters. The standard InChI is InChI=1S/C15H12BrClN2O2/c1-8-10(15(17)19(2)18-8)7-12(20)13-6-9-4-3-5-11(16)14(9)21-13/h3-6H,7H2,1-2H3. The molecule has 0 amide bonds. The molecule has 0 unspecified atom stereocenters. The Kier molecular flexibility index (Phi) is 3.63. The summed E-state index contributed by atoms with van der Waals surface area (Å²) < 4.78 is 8.05. The van der Waals surface area contributed by atoms with Gasteiger partial charge in [-0.1, -0.05) is 23.7 Å². The van der Waals surface area contributed by atoms with Gasteiger partial charge in [0.2, 0.25) is 5.78 Å². The van der Waals surface area contributed by atoms with Gasteiger partial charge in [-0.3, -0.25) is 9.48 Å². The van der Waals surface area contributed by atoms with Crippen molar-refractivity contribution in [2.45, 2.75) is 13.3 Å². The fraction of sp³-hybridized carbons (Fsp3) is 0.200. The number of hydrogen-bond donors (Lipinski definition) is 0. The number of para-hydroxylation sites is 1. The van der Waals surface area contributed by atoms with Gasteiger partial charge in [-0.05, 0) is 35.0 Å². The average Bonchev–Trinajstić information content (AvgIpc) is 2.97. The highest BCUT2D eigenvalue weighted by Gasteiger charge is 2.19. The first-order chi connectivity index (χ1) is 9.97. The number of carbonyl (C=O) groups is 1. The zero-order chi connectivity index (χ0) is 15.1. The van der Waals surface area contributed by atoms with E-state index in [0.29, 0.717) is 16.5 Å². The number of Topliss-reactive ketones (excluding diaryl/α,β-unsaturated/α-hetero) is 1. The molecular weight excluding hydrogens is 356 g/mol. The Bertz CT molecular complexity index is 851. The maximum Gasteiger partial charge on any atom is 0.202 e. The summed E-state index contributed by atoms with van der Waals surface area (Å²) >= 11 is 9.57. The molecule has 0 saturated carbocycles. The highest BCUT2D eigenvalue weighted by molar-refractivity contribution is 9.10. The third kappa shape index (κ3) is 2.51. The van der Waals surface area contributed by atoms with Crippen LogP contribution in [0.4, 0.5) is 0 Å². The summed E-state index contributed by atoms with van der Waals surface area (Å²) in [6, 6.07) is 7.44. The molecular formula is C15H12BrClN2O2. The van der Waals surface area contributed by atoms with Gasteiger partial charge < -0.3 is 4.42 Å². The SMILES string of the molecule is Cc1nn(C)c(Cl)c1CC(=O)c1cc2cccc(Br)c2o1. The van der Waals surface area contributed by atoms with E-state index in [2.05, 4.69) is 21.0 Å². The van der Waals surface area contributed by atoms with Gasteiger partial charge in [0.25, 0.3) is 0 Å². The molecule has 0 saturated heterocycles. The van der Waals surface area contributed by atoms with Crippen LogP contribution in [0.3, 0.4) is 0 Å². The number of aromatic nitrogens is 2. The monoisotopic (exact) mass is 366 g/mol. The Morgan fingerprint density at radius 3 is 2.86 bits per heavy atom. The van der Waals surface area contributed by atoms with Crippen molar-refractivity contribution in [1.29, 1.82) is 0 Å². The number of carbonyl (C=O) groups excluding carboxylic acids is 1. The smallest absolute Gasteiger partial charge is 0.202 e. The number of furan rings is 1. The molecule has 0 bridgehead atoms. The lowest BCUT2D eigenvalue weighted by Crippen LogP contribution is -2.03. The normalized spacial score (nSPS) is 11.2. The molecule has 108 valence electrons. The van der Waals surface area contributed by atoms with Crippen LogP contribution in [0.25, 0.3) is 11.0 Å². The molecule has 0 N–H and O–H groups in total. The first-order valence-corrected chi connectivity index (χ1v) is 7.53. The molecule has 0 aliphatic rings. The van der Waals surface area contributed by atoms with Crippen molar-refractivity contribution in [2.75, 3.05) is 0 Å². The van der Waals surface area contributed by atoms with E-state index in [9.17, 15) is 4.79 Å². The molecule has 0 radical (unpaired) electrons. The van der Waals surface area contributed by atoms with Crippen molar-refractivity contribution >= 4 is 44.3 Å². The number of hydrogen-bond acceptors (Lipinski definition) is 3. The Labute approximate surface area is 134 Å². The zero-order valence-electron chi connectivity index (χ0n) is 11.5. The molecule has 0 fully saturated rings. The van der Waals surface area contributed by atoms with E-state index in [1.165, 1.54) is 0 Å². The summed E-state index contributed by atoms with van der Waals surface area (Å²) in [5.74, 6) is 0.215. The molecule has 2 heterocycles. The lowest BCUT2D eigenvalue weighted by atomic mass is 10.1. The molecule has 6 heteroatoms. The summed E-state index contributed by atoms with van der Waals surface area (Å²) in [4.78, 5) is 12.4. The van der Waals surface area contributed by atoms with Crippen molar-refractivity contribution in [3.8, 4) is 0 Å². The topological polar surface area (TPSA) is 48.0 Å². The van der Waals surface area contributed by atoms with Gasteiger partial charge in [0.05, 0.1) is 10.2 Å². The number of rotatable bonds is 3. The second-order valence-electron chi connectivity index (χ2n) is 4.85. The molecule has 3 rings (SSSR count). The molecule has 3 aromatic rings. The Balaban J connectivity index is 1.95. The number of benzene rings is 1. The van der Waals surface area contributed by atoms with Gasteiger partial charge in [-0.25, -0.2) is 0 Å². The van der Waals surface area contributed by atoms with E-state index in [4.69, 9.17) is 16.0 Å². The van der Waals surface area contributed by atoms with Gasteiger partial charge in [-0.15, -0.1) is 0 Å². The van der Waals surface area contributed by atoms with Crippen molar-refractivity contribution < 1.29 is 9.21 Å². The van der Waals surface area contributed by atoms with Gasteiger partial charge in [0, 0.05) is 24.4 Å². The van der Waals surface area contributed by atoms with Crippen LogP contribution in [0.15, 0.2) is 33.2 Å². The van der Waals surface area contributed by atoms with Crippen LogP contribution in [0.1, 0.15) is 21.8 Å². The van der Waals surface area contributed by atoms with Crippen molar-refractivity contribution in [3.63, 3.8) is 0 Å². The summed E-state index contributed by atoms with van der Waals surface area (Å²) in [5.41, 5.74) is 2.17. The van der Waals surface area contributed by atoms with E-state index in [0.717, 1.165) is 21.1 Å². The van der Waals surface area contributed by atoms with E-state index >= 15 is 0 Å². The van der Waals surface area contributed by atoms with Gasteiger partial charge in [0.1, 0.15) is 10.7 Å². The van der Waals surface area contributed by atoms with Gasteiger partial charge in [-0.2, -0.15) is 5.10 Å². The van der Waals surface area contributed by atoms with E-state index in [1.807, 2.05) is 25.1 Å². The highest BCUT2D eigenvalue weighted by atomic mass is 79.9. The Morgan fingerprint density at radius 1 is 1.48 bits per heavy atom. The predicted molar refractivity (Wildman–Crippen MR) is 84.9 cm³/mol. The lowest BCUT2D eigenvalue weighted by Gasteiger charge is -1.98. The zero-order valence-corrected chi connectivity index (χ0v) is 13.8. The molecule has 0 aliphatic heterocycles. The second kappa shape index (κ2) is 5.31. The van der Waals surface area contributed by atoms with Crippen molar-refractivity contribution in [1.82, 2.24) is 9.78 Å². The van der Waals surface area contributed by atoms with Crippen LogP contribution in [-0.2, 0) is 13.5 Å². The van der Waals surface area contributed by atoms with Gasteiger partial charge >= 0.3 is 0 Å². The summed E-state index contributed by atoms with van der Waals surface area (Å²) in [7, 11) is 1.75. The predicted octanol–water partition coefficient (Wildman–Crippen LogP) is 4.32. The van der Waals surface area contributed by atoms with Crippen molar-refractivity contribution in [3.05, 3.63) is 50.9 Å². The fourth-order valence-electron chi connectivity index (χ4n) is 2.29. The van der Waals surface area contributed by atoms with Crippen molar-refractivity contribution in [2.24, 2.45) is 7.05 Å². The Hall–Kier alpha value is -1.59. The van der Waals surface area contributed by atoms with Crippen LogP contribution < -0.4 is 0 Å². The molecule has 2 aromatic heterocycles. The van der Waals surface area contributed by atoms with Crippen LogP contribution in [0, 0.1) is 6.92 Å². The maximum atomic E-state index is 12.4. The molecule has 0 aliphatic carbocycles. The highest BCUT2D eigenvalue weighted by Crippen LogP contribution is 2.28. The molecule has 0 spiro atoms. The number of halogens is 2. The van der Waals surface area contributed by atoms with E-state index in [1.54, 1.807) is 17.8 Å². The number of aryl methyl sites for hydroxylation is 2. The quantitative estimate of drug-likeness (QED) is 0.648. The van der Waals surface area contributed by atoms with Gasteiger partial charge in [0.15, 0.2) is 5.76 Å². The first-order valence-electron chi connectivity index (χ1n) is 6.36. The van der Waals surface area contributed by atoms with E-state index in [-0.39, 0.29) is 12.2 Å². The second-order valence-corrected chi connectivity index (χ2v) is 6.06. The number of nitrogens with zero attached hydrogens (tertiary/aromatic N) is 2. The minimum Gasteiger partial charge on any atom is -0.452 e. The molecule has 4 nitrogen and oxygen atoms in total. The number of ketones is 1. The minimum absolute atomic E-state index is 0.115. The summed E-state index contributed by atoms with van der Waals surface area (Å²) in [6.07, 6.45) is 0.177. The Morgan fingerprint density at radius 2 is 2.24 bits per heavy atom. The largest absolute Gasteiger partial charge is 0.452 e. The minimum atomic E-state index is -0.115. The first kappa shape index (κ1) is 14.4. The van der Waals surface area contributed by atoms with E-state index < -0.39 is 0 Å². The molecule has 1 aromatic carbocycles. The third-order valence-electron chi connectivity index (χ3n) is 3.38. The average molecular weight is 368 g/mol. The fourth-order valence-corrected chi connectivity index (χ4v) is 2.99. The third-order valence-corrected chi connectivity index (χ3v) is 4.48. The van der Waals surface area contributed by atoms with Crippen LogP contribution in [0.2, 0.25) is 5.15 Å². The molecule has 21 heavy (non-hydrogen) atoms.